The summed E-state index contributed by atoms with van der Waals surface area (Å²) in [5.41, 5.74) is 1.23. The van der Waals surface area contributed by atoms with Crippen LogP contribution in [0.25, 0.3) is 0 Å². The first-order chi connectivity index (χ1) is 8.99. The third kappa shape index (κ3) is 3.01. The SMILES string of the molecule is Cc1nc(NC(=O)C2=CCCCC2C(=O)O)sc1C. The molecule has 0 saturated carbocycles. The number of hydrogen-bond donors (Lipinski definition) is 2. The highest BCUT2D eigenvalue weighted by molar-refractivity contribution is 7.15. The minimum Gasteiger partial charge on any atom is -0.481 e. The van der Waals surface area contributed by atoms with E-state index in [0.717, 1.165) is 23.4 Å². The average molecular weight is 280 g/mol. The third-order valence-electron chi connectivity index (χ3n) is 3.25. The lowest BCUT2D eigenvalue weighted by Crippen LogP contribution is -2.27. The molecule has 0 bridgehead atoms. The van der Waals surface area contributed by atoms with Crippen LogP contribution in [0.5, 0.6) is 0 Å². The number of carbonyl (C=O) groups is 2. The molecular formula is C13H16N2O3S. The van der Waals surface area contributed by atoms with Crippen molar-refractivity contribution in [2.24, 2.45) is 5.92 Å². The van der Waals surface area contributed by atoms with Crippen LogP contribution in [0.1, 0.15) is 29.8 Å². The standard InChI is InChI=1S/C13H16N2O3S/c1-7-8(2)19-13(14-7)15-11(16)9-5-3-4-6-10(9)12(17)18/h5,10H,3-4,6H2,1-2H3,(H,17,18)(H,14,15,16). The van der Waals surface area contributed by atoms with Gasteiger partial charge in [-0.05, 0) is 33.1 Å². The second-order valence-electron chi connectivity index (χ2n) is 4.60. The van der Waals surface area contributed by atoms with Crippen LogP contribution < -0.4 is 5.32 Å². The van der Waals surface area contributed by atoms with E-state index in [1.165, 1.54) is 11.3 Å². The molecule has 1 heterocycles. The molecule has 6 heteroatoms. The molecule has 1 aromatic rings. The van der Waals surface area contributed by atoms with E-state index in [-0.39, 0.29) is 5.91 Å². The fraction of sp³-hybridized carbons (Fsp3) is 0.462. The monoisotopic (exact) mass is 280 g/mol. The Labute approximate surface area is 115 Å². The van der Waals surface area contributed by atoms with E-state index >= 15 is 0 Å². The summed E-state index contributed by atoms with van der Waals surface area (Å²) < 4.78 is 0. The van der Waals surface area contributed by atoms with Crippen molar-refractivity contribution in [1.82, 2.24) is 4.98 Å². The van der Waals surface area contributed by atoms with Crippen LogP contribution in [0, 0.1) is 19.8 Å². The summed E-state index contributed by atoms with van der Waals surface area (Å²) in [6.07, 6.45) is 3.81. The molecule has 1 amide bonds. The normalized spacial score (nSPS) is 18.8. The number of aromatic nitrogens is 1. The predicted octanol–water partition coefficient (Wildman–Crippen LogP) is 2.51. The Morgan fingerprint density at radius 1 is 1.47 bits per heavy atom. The fourth-order valence-electron chi connectivity index (χ4n) is 2.08. The van der Waals surface area contributed by atoms with Crippen molar-refractivity contribution in [2.45, 2.75) is 33.1 Å². The number of anilines is 1. The number of nitrogens with one attached hydrogen (secondary N) is 1. The number of aliphatic carboxylic acids is 1. The van der Waals surface area contributed by atoms with Gasteiger partial charge in [0.1, 0.15) is 0 Å². The Balaban J connectivity index is 2.14. The number of carboxylic acid groups (broad SMARTS) is 1. The zero-order chi connectivity index (χ0) is 14.0. The first kappa shape index (κ1) is 13.7. The third-order valence-corrected chi connectivity index (χ3v) is 4.23. The van der Waals surface area contributed by atoms with E-state index in [0.29, 0.717) is 17.1 Å². The minimum absolute atomic E-state index is 0.346. The molecule has 0 aliphatic heterocycles. The van der Waals surface area contributed by atoms with E-state index in [1.807, 2.05) is 13.8 Å². The maximum atomic E-state index is 12.1. The summed E-state index contributed by atoms with van der Waals surface area (Å²) >= 11 is 1.40. The number of thiazole rings is 1. The molecular weight excluding hydrogens is 264 g/mol. The summed E-state index contributed by atoms with van der Waals surface area (Å²) in [4.78, 5) is 28.5. The highest BCUT2D eigenvalue weighted by Gasteiger charge is 2.29. The average Bonchev–Trinajstić information content (AvgIpc) is 2.68. The number of hydrogen-bond acceptors (Lipinski definition) is 4. The Morgan fingerprint density at radius 2 is 2.21 bits per heavy atom. The number of rotatable bonds is 3. The molecule has 5 nitrogen and oxygen atoms in total. The van der Waals surface area contributed by atoms with Gasteiger partial charge in [0.15, 0.2) is 5.13 Å². The molecule has 1 aliphatic carbocycles. The number of nitrogens with zero attached hydrogens (tertiary/aromatic N) is 1. The van der Waals surface area contributed by atoms with Crippen LogP contribution in [-0.2, 0) is 9.59 Å². The predicted molar refractivity (Wildman–Crippen MR) is 73.3 cm³/mol. The first-order valence-electron chi connectivity index (χ1n) is 6.17. The Kier molecular flexibility index (Phi) is 3.99. The van der Waals surface area contributed by atoms with Gasteiger partial charge in [0.05, 0.1) is 11.6 Å². The van der Waals surface area contributed by atoms with E-state index in [1.54, 1.807) is 6.08 Å². The van der Waals surface area contributed by atoms with E-state index in [4.69, 9.17) is 5.11 Å². The summed E-state index contributed by atoms with van der Waals surface area (Å²) in [5, 5.41) is 12.4. The van der Waals surface area contributed by atoms with Crippen molar-refractivity contribution in [3.63, 3.8) is 0 Å². The number of aryl methyl sites for hydroxylation is 2. The van der Waals surface area contributed by atoms with Gasteiger partial charge in [0.2, 0.25) is 0 Å². The van der Waals surface area contributed by atoms with Gasteiger partial charge in [-0.1, -0.05) is 6.08 Å². The molecule has 2 N–H and O–H groups in total. The van der Waals surface area contributed by atoms with Crippen LogP contribution in [0.4, 0.5) is 5.13 Å². The van der Waals surface area contributed by atoms with E-state index in [2.05, 4.69) is 10.3 Å². The number of carbonyl (C=O) groups excluding carboxylic acids is 1. The van der Waals surface area contributed by atoms with Gasteiger partial charge in [-0.2, -0.15) is 0 Å². The fourth-order valence-corrected chi connectivity index (χ4v) is 2.89. The minimum atomic E-state index is -0.937. The highest BCUT2D eigenvalue weighted by Crippen LogP contribution is 2.27. The Morgan fingerprint density at radius 3 is 2.79 bits per heavy atom. The van der Waals surface area contributed by atoms with Gasteiger partial charge in [-0.25, -0.2) is 4.98 Å². The second-order valence-corrected chi connectivity index (χ2v) is 5.80. The molecule has 0 spiro atoms. The molecule has 0 saturated heterocycles. The summed E-state index contributed by atoms with van der Waals surface area (Å²) in [6, 6.07) is 0. The molecule has 0 radical (unpaired) electrons. The zero-order valence-corrected chi connectivity index (χ0v) is 11.7. The van der Waals surface area contributed by atoms with Crippen LogP contribution >= 0.6 is 11.3 Å². The quantitative estimate of drug-likeness (QED) is 0.891. The summed E-state index contributed by atoms with van der Waals surface area (Å²) in [7, 11) is 0. The largest absolute Gasteiger partial charge is 0.481 e. The second kappa shape index (κ2) is 5.52. The van der Waals surface area contributed by atoms with Crippen molar-refractivity contribution < 1.29 is 14.7 Å². The molecule has 1 aromatic heterocycles. The summed E-state index contributed by atoms with van der Waals surface area (Å²) in [6.45, 7) is 3.81. The molecule has 19 heavy (non-hydrogen) atoms. The lowest BCUT2D eigenvalue weighted by Gasteiger charge is -2.19. The lowest BCUT2D eigenvalue weighted by molar-refractivity contribution is -0.141. The lowest BCUT2D eigenvalue weighted by atomic mass is 9.87. The van der Waals surface area contributed by atoms with Gasteiger partial charge in [-0.15, -0.1) is 11.3 Å². The Hall–Kier alpha value is -1.69. The van der Waals surface area contributed by atoms with Crippen molar-refractivity contribution in [3.05, 3.63) is 22.2 Å². The molecule has 0 aromatic carbocycles. The van der Waals surface area contributed by atoms with Crippen molar-refractivity contribution in [2.75, 3.05) is 5.32 Å². The Bertz CT molecular complexity index is 529. The number of allylic oxidation sites excluding steroid dienone is 1. The number of amides is 1. The van der Waals surface area contributed by atoms with E-state index < -0.39 is 11.9 Å². The van der Waals surface area contributed by atoms with Crippen LogP contribution in [0.15, 0.2) is 11.6 Å². The van der Waals surface area contributed by atoms with Crippen molar-refractivity contribution >= 4 is 28.3 Å². The molecule has 1 atom stereocenters. The maximum Gasteiger partial charge on any atom is 0.311 e. The molecule has 1 unspecified atom stereocenters. The van der Waals surface area contributed by atoms with Crippen LogP contribution in [-0.4, -0.2) is 22.0 Å². The van der Waals surface area contributed by atoms with Gasteiger partial charge >= 0.3 is 5.97 Å². The summed E-state index contributed by atoms with van der Waals surface area (Å²) in [5.74, 6) is -1.98. The van der Waals surface area contributed by atoms with Crippen LogP contribution in [0.2, 0.25) is 0 Å². The molecule has 1 aliphatic rings. The van der Waals surface area contributed by atoms with Crippen molar-refractivity contribution in [1.29, 1.82) is 0 Å². The van der Waals surface area contributed by atoms with Crippen LogP contribution in [0.3, 0.4) is 0 Å². The topological polar surface area (TPSA) is 79.3 Å². The van der Waals surface area contributed by atoms with Gasteiger partial charge < -0.3 is 5.11 Å². The van der Waals surface area contributed by atoms with Gasteiger partial charge in [-0.3, -0.25) is 14.9 Å². The smallest absolute Gasteiger partial charge is 0.311 e. The maximum absolute atomic E-state index is 12.1. The van der Waals surface area contributed by atoms with E-state index in [9.17, 15) is 9.59 Å². The molecule has 2 rings (SSSR count). The van der Waals surface area contributed by atoms with Gasteiger partial charge in [0.25, 0.3) is 5.91 Å². The zero-order valence-electron chi connectivity index (χ0n) is 10.9. The van der Waals surface area contributed by atoms with Gasteiger partial charge in [0, 0.05) is 10.5 Å². The van der Waals surface area contributed by atoms with Crippen molar-refractivity contribution in [3.8, 4) is 0 Å². The molecule has 0 fully saturated rings. The number of carboxylic acids is 1. The first-order valence-corrected chi connectivity index (χ1v) is 6.99. The molecule has 102 valence electrons. The highest BCUT2D eigenvalue weighted by atomic mass is 32.1.